The zero-order valence-corrected chi connectivity index (χ0v) is 11.3. The molecule has 1 atom stereocenters. The number of nitrogens with zero attached hydrogens (tertiary/aromatic N) is 2. The summed E-state index contributed by atoms with van der Waals surface area (Å²) in [6.07, 6.45) is 0.669. The van der Waals surface area contributed by atoms with E-state index in [2.05, 4.69) is 10.2 Å². The molecular formula is C12H9ClN2O3S. The highest BCUT2D eigenvalue weighted by Gasteiger charge is 2.29. The highest BCUT2D eigenvalue weighted by molar-refractivity contribution is 8.00. The summed E-state index contributed by atoms with van der Waals surface area (Å²) in [6, 6.07) is 7.10. The van der Waals surface area contributed by atoms with Crippen LogP contribution in [0.15, 0.2) is 33.9 Å². The zero-order valence-electron chi connectivity index (χ0n) is 9.71. The molecule has 0 bridgehead atoms. The maximum atomic E-state index is 11.3. The van der Waals surface area contributed by atoms with Gasteiger partial charge in [0.15, 0.2) is 0 Å². The van der Waals surface area contributed by atoms with Gasteiger partial charge in [-0.1, -0.05) is 11.6 Å². The van der Waals surface area contributed by atoms with Gasteiger partial charge in [0.25, 0.3) is 5.22 Å². The number of thioether (sulfide) groups is 1. The first-order chi connectivity index (χ1) is 9.22. The van der Waals surface area contributed by atoms with E-state index in [0.29, 0.717) is 29.2 Å². The number of halogens is 1. The molecule has 98 valence electrons. The Hall–Kier alpha value is -1.53. The standard InChI is InChI=1S/C12H9ClN2O3S/c13-8-3-1-7(2-4-8)10-14-15-12(18-10)19-9-5-6-17-11(9)16/h1-4,9H,5-6H2/t9-/m1/s1. The van der Waals surface area contributed by atoms with Crippen LogP contribution >= 0.6 is 23.4 Å². The van der Waals surface area contributed by atoms with Crippen molar-refractivity contribution in [2.24, 2.45) is 0 Å². The largest absolute Gasteiger partial charge is 0.465 e. The number of hydrogen-bond donors (Lipinski definition) is 0. The number of rotatable bonds is 3. The second-order valence-electron chi connectivity index (χ2n) is 3.94. The van der Waals surface area contributed by atoms with Crippen LogP contribution in [0, 0.1) is 0 Å². The van der Waals surface area contributed by atoms with Crippen molar-refractivity contribution < 1.29 is 13.9 Å². The van der Waals surface area contributed by atoms with E-state index in [1.54, 1.807) is 24.3 Å². The number of esters is 1. The summed E-state index contributed by atoms with van der Waals surface area (Å²) in [4.78, 5) is 11.3. The molecule has 5 nitrogen and oxygen atoms in total. The molecule has 3 rings (SSSR count). The monoisotopic (exact) mass is 296 g/mol. The Labute approximate surface area is 118 Å². The summed E-state index contributed by atoms with van der Waals surface area (Å²) in [7, 11) is 0. The average Bonchev–Trinajstić information content (AvgIpc) is 3.01. The molecular weight excluding hydrogens is 288 g/mol. The van der Waals surface area contributed by atoms with Crippen LogP contribution in [0.2, 0.25) is 5.02 Å². The van der Waals surface area contributed by atoms with Crippen molar-refractivity contribution >= 4 is 29.3 Å². The second-order valence-corrected chi connectivity index (χ2v) is 5.53. The van der Waals surface area contributed by atoms with Crippen molar-refractivity contribution in [3.63, 3.8) is 0 Å². The third-order valence-electron chi connectivity index (χ3n) is 2.63. The Morgan fingerprint density at radius 2 is 2.05 bits per heavy atom. The van der Waals surface area contributed by atoms with E-state index in [1.165, 1.54) is 11.8 Å². The van der Waals surface area contributed by atoms with Gasteiger partial charge in [-0.15, -0.1) is 10.2 Å². The highest BCUT2D eigenvalue weighted by atomic mass is 35.5. The molecule has 1 saturated heterocycles. The zero-order chi connectivity index (χ0) is 13.2. The van der Waals surface area contributed by atoms with Crippen LogP contribution in [0.1, 0.15) is 6.42 Å². The van der Waals surface area contributed by atoms with E-state index in [1.807, 2.05) is 0 Å². The molecule has 0 N–H and O–H groups in total. The number of cyclic esters (lactones) is 1. The summed E-state index contributed by atoms with van der Waals surface area (Å²) in [6.45, 7) is 0.453. The number of aromatic nitrogens is 2. The SMILES string of the molecule is O=C1OCC[C@H]1Sc1nnc(-c2ccc(Cl)cc2)o1. The predicted octanol–water partition coefficient (Wildman–Crippen LogP) is 2.80. The summed E-state index contributed by atoms with van der Waals surface area (Å²) in [5.41, 5.74) is 0.790. The van der Waals surface area contributed by atoms with E-state index >= 15 is 0 Å². The lowest BCUT2D eigenvalue weighted by molar-refractivity contribution is -0.137. The summed E-state index contributed by atoms with van der Waals surface area (Å²) < 4.78 is 10.4. The molecule has 1 aromatic heterocycles. The van der Waals surface area contributed by atoms with Crippen LogP contribution in [-0.2, 0) is 9.53 Å². The van der Waals surface area contributed by atoms with Crippen LogP contribution in [0.5, 0.6) is 0 Å². The van der Waals surface area contributed by atoms with Crippen LogP contribution in [0.4, 0.5) is 0 Å². The molecule has 0 unspecified atom stereocenters. The lowest BCUT2D eigenvalue weighted by Crippen LogP contribution is -2.09. The Balaban J connectivity index is 1.75. The first kappa shape index (κ1) is 12.5. The minimum atomic E-state index is -0.251. The maximum Gasteiger partial charge on any atom is 0.319 e. The fourth-order valence-corrected chi connectivity index (χ4v) is 2.64. The molecule has 0 saturated carbocycles. The van der Waals surface area contributed by atoms with Gasteiger partial charge in [-0.3, -0.25) is 4.79 Å². The van der Waals surface area contributed by atoms with Crippen molar-refractivity contribution in [3.8, 4) is 11.5 Å². The van der Waals surface area contributed by atoms with Gasteiger partial charge in [0.2, 0.25) is 5.89 Å². The number of carbonyl (C=O) groups excluding carboxylic acids is 1. The van der Waals surface area contributed by atoms with Crippen LogP contribution in [0.3, 0.4) is 0 Å². The smallest absolute Gasteiger partial charge is 0.319 e. The van der Waals surface area contributed by atoms with Gasteiger partial charge in [-0.25, -0.2) is 0 Å². The van der Waals surface area contributed by atoms with Crippen molar-refractivity contribution in [3.05, 3.63) is 29.3 Å². The quantitative estimate of drug-likeness (QED) is 0.812. The molecule has 2 aromatic rings. The Morgan fingerprint density at radius 3 is 2.74 bits per heavy atom. The van der Waals surface area contributed by atoms with Crippen molar-refractivity contribution in [1.29, 1.82) is 0 Å². The third kappa shape index (κ3) is 2.74. The minimum absolute atomic E-state index is 0.226. The summed E-state index contributed by atoms with van der Waals surface area (Å²) in [5.74, 6) is 0.182. The predicted molar refractivity (Wildman–Crippen MR) is 70.0 cm³/mol. The van der Waals surface area contributed by atoms with Gasteiger partial charge in [-0.05, 0) is 36.0 Å². The topological polar surface area (TPSA) is 65.2 Å². The van der Waals surface area contributed by atoms with Gasteiger partial charge in [0.1, 0.15) is 5.25 Å². The van der Waals surface area contributed by atoms with E-state index in [9.17, 15) is 4.79 Å². The minimum Gasteiger partial charge on any atom is -0.465 e. The van der Waals surface area contributed by atoms with Crippen molar-refractivity contribution in [1.82, 2.24) is 10.2 Å². The molecule has 0 amide bonds. The molecule has 0 radical (unpaired) electrons. The molecule has 7 heteroatoms. The van der Waals surface area contributed by atoms with Gasteiger partial charge in [-0.2, -0.15) is 0 Å². The second kappa shape index (κ2) is 5.22. The summed E-state index contributed by atoms with van der Waals surface area (Å²) in [5, 5.41) is 8.63. The van der Waals surface area contributed by atoms with Crippen LogP contribution in [0.25, 0.3) is 11.5 Å². The normalized spacial score (nSPS) is 18.6. The maximum absolute atomic E-state index is 11.3. The van der Waals surface area contributed by atoms with Gasteiger partial charge in [0.05, 0.1) is 6.61 Å². The molecule has 1 fully saturated rings. The third-order valence-corrected chi connectivity index (χ3v) is 3.96. The lowest BCUT2D eigenvalue weighted by Gasteiger charge is -1.99. The van der Waals surface area contributed by atoms with Gasteiger partial charge in [0, 0.05) is 17.0 Å². The fourth-order valence-electron chi connectivity index (χ4n) is 1.67. The summed E-state index contributed by atoms with van der Waals surface area (Å²) >= 11 is 7.05. The number of ether oxygens (including phenoxy) is 1. The Morgan fingerprint density at radius 1 is 1.26 bits per heavy atom. The number of carbonyl (C=O) groups is 1. The molecule has 2 heterocycles. The Kier molecular flexibility index (Phi) is 3.44. The Bertz CT molecular complexity index is 599. The van der Waals surface area contributed by atoms with Crippen LogP contribution in [-0.4, -0.2) is 28.0 Å². The van der Waals surface area contributed by atoms with Crippen molar-refractivity contribution in [2.75, 3.05) is 6.61 Å². The fraction of sp³-hybridized carbons (Fsp3) is 0.250. The molecule has 1 aliphatic rings. The average molecular weight is 297 g/mol. The highest BCUT2D eigenvalue weighted by Crippen LogP contribution is 2.30. The van der Waals surface area contributed by atoms with Gasteiger partial charge < -0.3 is 9.15 Å². The molecule has 1 aliphatic heterocycles. The molecule has 0 aliphatic carbocycles. The van der Waals surface area contributed by atoms with Crippen molar-refractivity contribution in [2.45, 2.75) is 16.9 Å². The van der Waals surface area contributed by atoms with E-state index in [4.69, 9.17) is 20.8 Å². The molecule has 19 heavy (non-hydrogen) atoms. The lowest BCUT2D eigenvalue weighted by atomic mass is 10.2. The first-order valence-electron chi connectivity index (χ1n) is 5.65. The van der Waals surface area contributed by atoms with E-state index < -0.39 is 0 Å². The number of hydrogen-bond acceptors (Lipinski definition) is 6. The van der Waals surface area contributed by atoms with E-state index in [-0.39, 0.29) is 11.2 Å². The first-order valence-corrected chi connectivity index (χ1v) is 6.91. The van der Waals surface area contributed by atoms with E-state index in [0.717, 1.165) is 5.56 Å². The number of benzene rings is 1. The van der Waals surface area contributed by atoms with Crippen LogP contribution < -0.4 is 0 Å². The molecule has 0 spiro atoms. The van der Waals surface area contributed by atoms with Gasteiger partial charge >= 0.3 is 5.97 Å². The molecule has 1 aromatic carbocycles.